The van der Waals surface area contributed by atoms with Gasteiger partial charge in [-0.1, -0.05) is 19.1 Å². The number of ether oxygens (including phenoxy) is 1. The van der Waals surface area contributed by atoms with Crippen molar-refractivity contribution in [1.29, 1.82) is 0 Å². The van der Waals surface area contributed by atoms with Crippen molar-refractivity contribution in [3.8, 4) is 5.75 Å². The maximum atomic E-state index is 12.0. The molecule has 1 aromatic carbocycles. The number of alkyl halides is 2. The van der Waals surface area contributed by atoms with Gasteiger partial charge in [-0.25, -0.2) is 0 Å². The monoisotopic (exact) mass is 287 g/mol. The number of hydrogen-bond acceptors (Lipinski definition) is 3. The highest BCUT2D eigenvalue weighted by Crippen LogP contribution is 2.16. The summed E-state index contributed by atoms with van der Waals surface area (Å²) in [5, 5.41) is 12.5. The summed E-state index contributed by atoms with van der Waals surface area (Å²) in [6.07, 6.45) is 2.66. The fraction of sp³-hybridized carbons (Fsp3) is 0.600. The molecule has 0 aromatic heterocycles. The molecule has 0 saturated heterocycles. The van der Waals surface area contributed by atoms with Crippen molar-refractivity contribution in [2.75, 3.05) is 6.61 Å². The molecule has 0 aliphatic carbocycles. The van der Waals surface area contributed by atoms with Gasteiger partial charge in [0.1, 0.15) is 5.75 Å². The number of benzene rings is 1. The van der Waals surface area contributed by atoms with E-state index < -0.39 is 6.61 Å². The average molecular weight is 287 g/mol. The summed E-state index contributed by atoms with van der Waals surface area (Å²) in [6, 6.07) is 7.14. The molecule has 114 valence electrons. The van der Waals surface area contributed by atoms with Crippen molar-refractivity contribution in [1.82, 2.24) is 5.32 Å². The summed E-state index contributed by atoms with van der Waals surface area (Å²) in [5.41, 5.74) is 1.08. The summed E-state index contributed by atoms with van der Waals surface area (Å²) in [4.78, 5) is 0. The first-order valence-electron chi connectivity index (χ1n) is 6.95. The minimum Gasteiger partial charge on any atom is -0.435 e. The molecule has 2 N–H and O–H groups in total. The van der Waals surface area contributed by atoms with Crippen molar-refractivity contribution in [2.24, 2.45) is 0 Å². The average Bonchev–Trinajstić information content (AvgIpc) is 2.43. The zero-order chi connectivity index (χ0) is 15.0. The van der Waals surface area contributed by atoms with Gasteiger partial charge in [0.05, 0.1) is 6.61 Å². The maximum Gasteiger partial charge on any atom is 0.387 e. The third-order valence-corrected chi connectivity index (χ3v) is 3.25. The van der Waals surface area contributed by atoms with E-state index in [2.05, 4.69) is 17.0 Å². The van der Waals surface area contributed by atoms with Crippen LogP contribution < -0.4 is 10.1 Å². The third-order valence-electron chi connectivity index (χ3n) is 3.25. The number of aliphatic hydroxyl groups is 1. The van der Waals surface area contributed by atoms with Gasteiger partial charge in [-0.15, -0.1) is 0 Å². The number of hydrogen-bond donors (Lipinski definition) is 2. The highest BCUT2D eigenvalue weighted by Gasteiger charge is 2.09. The summed E-state index contributed by atoms with van der Waals surface area (Å²) >= 11 is 0. The predicted octanol–water partition coefficient (Wildman–Crippen LogP) is 2.97. The molecule has 1 rings (SSSR count). The van der Waals surface area contributed by atoms with E-state index in [1.54, 1.807) is 24.3 Å². The van der Waals surface area contributed by atoms with Gasteiger partial charge in [0.15, 0.2) is 0 Å². The van der Waals surface area contributed by atoms with Crippen LogP contribution in [0.2, 0.25) is 0 Å². The minimum absolute atomic E-state index is 0.131. The first-order chi connectivity index (χ1) is 9.55. The molecule has 0 amide bonds. The van der Waals surface area contributed by atoms with E-state index in [1.165, 1.54) is 0 Å². The van der Waals surface area contributed by atoms with Gasteiger partial charge < -0.3 is 15.2 Å². The largest absolute Gasteiger partial charge is 0.435 e. The van der Waals surface area contributed by atoms with E-state index in [9.17, 15) is 8.78 Å². The van der Waals surface area contributed by atoms with E-state index in [-0.39, 0.29) is 18.4 Å². The van der Waals surface area contributed by atoms with Crippen molar-refractivity contribution < 1.29 is 18.6 Å². The van der Waals surface area contributed by atoms with Gasteiger partial charge in [-0.2, -0.15) is 8.78 Å². The highest BCUT2D eigenvalue weighted by atomic mass is 19.3. The van der Waals surface area contributed by atoms with Crippen LogP contribution >= 0.6 is 0 Å². The number of aryl methyl sites for hydroxylation is 1. The number of aliphatic hydroxyl groups excluding tert-OH is 1. The van der Waals surface area contributed by atoms with Gasteiger partial charge in [0.25, 0.3) is 0 Å². The molecule has 0 heterocycles. The molecule has 0 bridgehead atoms. The lowest BCUT2D eigenvalue weighted by atomic mass is 10.0. The van der Waals surface area contributed by atoms with Crippen LogP contribution in [0.25, 0.3) is 0 Å². The van der Waals surface area contributed by atoms with Gasteiger partial charge in [-0.3, -0.25) is 0 Å². The Morgan fingerprint density at radius 2 is 1.90 bits per heavy atom. The quantitative estimate of drug-likeness (QED) is 0.733. The van der Waals surface area contributed by atoms with Gasteiger partial charge in [0.2, 0.25) is 0 Å². The van der Waals surface area contributed by atoms with Gasteiger partial charge >= 0.3 is 6.61 Å². The minimum atomic E-state index is -2.78. The first-order valence-corrected chi connectivity index (χ1v) is 6.95. The summed E-state index contributed by atoms with van der Waals surface area (Å²) in [6.45, 7) is 1.46. The number of nitrogens with one attached hydrogen (secondary N) is 1. The molecular formula is C15H23F2NO2. The number of halogens is 2. The Hall–Kier alpha value is -1.20. The van der Waals surface area contributed by atoms with E-state index in [0.717, 1.165) is 24.8 Å². The van der Waals surface area contributed by atoms with Gasteiger partial charge in [-0.05, 0) is 43.9 Å². The van der Waals surface area contributed by atoms with E-state index in [0.29, 0.717) is 6.04 Å². The molecule has 0 saturated carbocycles. The van der Waals surface area contributed by atoms with Crippen LogP contribution in [0.4, 0.5) is 8.78 Å². The second-order valence-electron chi connectivity index (χ2n) is 4.92. The van der Waals surface area contributed by atoms with E-state index in [1.807, 2.05) is 6.92 Å². The van der Waals surface area contributed by atoms with Crippen LogP contribution in [0, 0.1) is 0 Å². The molecule has 0 radical (unpaired) electrons. The Morgan fingerprint density at radius 3 is 2.40 bits per heavy atom. The van der Waals surface area contributed by atoms with Gasteiger partial charge in [0, 0.05) is 12.1 Å². The Balaban J connectivity index is 2.37. The summed E-state index contributed by atoms with van der Waals surface area (Å²) < 4.78 is 28.3. The molecule has 0 aliphatic rings. The van der Waals surface area contributed by atoms with Crippen LogP contribution in [-0.4, -0.2) is 30.4 Å². The fourth-order valence-electron chi connectivity index (χ4n) is 2.01. The Bertz CT molecular complexity index is 367. The van der Waals surface area contributed by atoms with Crippen LogP contribution in [0.15, 0.2) is 24.3 Å². The normalized spacial score (nSPS) is 14.3. The lowest BCUT2D eigenvalue weighted by Crippen LogP contribution is -2.38. The molecule has 2 atom stereocenters. The number of rotatable bonds is 9. The summed E-state index contributed by atoms with van der Waals surface area (Å²) in [5.74, 6) is 0.182. The van der Waals surface area contributed by atoms with Crippen LogP contribution in [-0.2, 0) is 6.42 Å². The topological polar surface area (TPSA) is 41.5 Å². The molecule has 3 nitrogen and oxygen atoms in total. The Morgan fingerprint density at radius 1 is 1.25 bits per heavy atom. The van der Waals surface area contributed by atoms with E-state index in [4.69, 9.17) is 5.11 Å². The van der Waals surface area contributed by atoms with E-state index >= 15 is 0 Å². The molecule has 1 aromatic rings. The molecule has 20 heavy (non-hydrogen) atoms. The van der Waals surface area contributed by atoms with Crippen molar-refractivity contribution in [3.05, 3.63) is 29.8 Å². The lowest BCUT2D eigenvalue weighted by molar-refractivity contribution is -0.0498. The van der Waals surface area contributed by atoms with Crippen molar-refractivity contribution >= 4 is 0 Å². The fourth-order valence-corrected chi connectivity index (χ4v) is 2.01. The Kier molecular flexibility index (Phi) is 7.47. The lowest BCUT2D eigenvalue weighted by Gasteiger charge is -2.20. The molecule has 0 fully saturated rings. The molecular weight excluding hydrogens is 264 g/mol. The standard InChI is InChI=1S/C15H23F2NO2/c1-3-13(10-19)18-11(2)4-5-12-6-8-14(9-7-12)20-15(16)17/h6-9,11,13,15,18-19H,3-5,10H2,1-2H3/t11?,13-/m1/s1. The second-order valence-corrected chi connectivity index (χ2v) is 4.92. The van der Waals surface area contributed by atoms with Crippen LogP contribution in [0.5, 0.6) is 5.75 Å². The highest BCUT2D eigenvalue weighted by molar-refractivity contribution is 5.27. The summed E-state index contributed by atoms with van der Waals surface area (Å²) in [7, 11) is 0. The van der Waals surface area contributed by atoms with Crippen molar-refractivity contribution in [3.63, 3.8) is 0 Å². The second kappa shape index (κ2) is 8.87. The SMILES string of the molecule is CC[C@H](CO)NC(C)CCc1ccc(OC(F)F)cc1. The maximum absolute atomic E-state index is 12.0. The van der Waals surface area contributed by atoms with Crippen LogP contribution in [0.3, 0.4) is 0 Å². The van der Waals surface area contributed by atoms with Crippen molar-refractivity contribution in [2.45, 2.75) is 51.8 Å². The smallest absolute Gasteiger partial charge is 0.387 e. The molecule has 0 aliphatic heterocycles. The zero-order valence-corrected chi connectivity index (χ0v) is 12.0. The molecule has 0 spiro atoms. The first kappa shape index (κ1) is 16.9. The predicted molar refractivity (Wildman–Crippen MR) is 75.2 cm³/mol. The zero-order valence-electron chi connectivity index (χ0n) is 12.0. The Labute approximate surface area is 119 Å². The van der Waals surface area contributed by atoms with Crippen LogP contribution in [0.1, 0.15) is 32.3 Å². The molecule has 5 heteroatoms. The molecule has 1 unspecified atom stereocenters. The third kappa shape index (κ3) is 6.30.